The van der Waals surface area contributed by atoms with Gasteiger partial charge in [0.2, 0.25) is 0 Å². The molecule has 7 nitrogen and oxygen atoms in total. The highest BCUT2D eigenvalue weighted by molar-refractivity contribution is 6.46. The SMILES string of the molecule is CCN(CC)CCN1C(=O)C(=O)/C(=C(/O)c2ccc3c(c2)OCCO3)C1c1cccc2ccccc12. The molecule has 186 valence electrons. The molecule has 0 aromatic heterocycles. The summed E-state index contributed by atoms with van der Waals surface area (Å²) in [5, 5.41) is 13.4. The number of carbonyl (C=O) groups excluding carboxylic acids is 2. The lowest BCUT2D eigenvalue weighted by Gasteiger charge is -2.29. The summed E-state index contributed by atoms with van der Waals surface area (Å²) in [6.45, 7) is 7.69. The van der Waals surface area contributed by atoms with Crippen LogP contribution < -0.4 is 9.47 Å². The molecule has 0 bridgehead atoms. The summed E-state index contributed by atoms with van der Waals surface area (Å²) in [5.74, 6) is -0.404. The summed E-state index contributed by atoms with van der Waals surface area (Å²) in [4.78, 5) is 30.6. The first-order chi connectivity index (χ1) is 17.5. The van der Waals surface area contributed by atoms with E-state index in [1.54, 1.807) is 23.1 Å². The largest absolute Gasteiger partial charge is 0.507 e. The molecule has 0 aliphatic carbocycles. The van der Waals surface area contributed by atoms with Gasteiger partial charge in [-0.25, -0.2) is 0 Å². The Morgan fingerprint density at radius 3 is 2.47 bits per heavy atom. The predicted molar refractivity (Wildman–Crippen MR) is 138 cm³/mol. The predicted octanol–water partition coefficient (Wildman–Crippen LogP) is 4.37. The summed E-state index contributed by atoms with van der Waals surface area (Å²) >= 11 is 0. The quantitative estimate of drug-likeness (QED) is 0.303. The molecule has 1 N–H and O–H groups in total. The molecule has 5 rings (SSSR count). The Labute approximate surface area is 210 Å². The van der Waals surface area contributed by atoms with Crippen molar-refractivity contribution in [1.82, 2.24) is 9.80 Å². The highest BCUT2D eigenvalue weighted by Crippen LogP contribution is 2.42. The third-order valence-corrected chi connectivity index (χ3v) is 7.03. The van der Waals surface area contributed by atoms with Crippen molar-refractivity contribution < 1.29 is 24.2 Å². The lowest BCUT2D eigenvalue weighted by atomic mass is 9.91. The molecular weight excluding hydrogens is 456 g/mol. The molecule has 2 heterocycles. The minimum absolute atomic E-state index is 0.0903. The first-order valence-corrected chi connectivity index (χ1v) is 12.4. The third-order valence-electron chi connectivity index (χ3n) is 7.03. The number of likely N-dealkylation sites (tertiary alicyclic amines) is 1. The Hall–Kier alpha value is -3.84. The summed E-state index contributed by atoms with van der Waals surface area (Å²) in [5.41, 5.74) is 1.31. The second kappa shape index (κ2) is 10.0. The third kappa shape index (κ3) is 4.20. The molecule has 1 fully saturated rings. The van der Waals surface area contributed by atoms with E-state index in [4.69, 9.17) is 9.47 Å². The van der Waals surface area contributed by atoms with Crippen LogP contribution in [0.5, 0.6) is 11.5 Å². The van der Waals surface area contributed by atoms with Gasteiger partial charge in [-0.1, -0.05) is 56.3 Å². The molecule has 2 aliphatic heterocycles. The van der Waals surface area contributed by atoms with E-state index in [0.29, 0.717) is 43.4 Å². The van der Waals surface area contributed by atoms with Crippen LogP contribution in [0.1, 0.15) is 31.0 Å². The zero-order valence-corrected chi connectivity index (χ0v) is 20.6. The van der Waals surface area contributed by atoms with E-state index in [2.05, 4.69) is 18.7 Å². The van der Waals surface area contributed by atoms with Crippen LogP contribution in [0.25, 0.3) is 16.5 Å². The lowest BCUT2D eigenvalue weighted by Crippen LogP contribution is -2.38. The van der Waals surface area contributed by atoms with Gasteiger partial charge in [0.1, 0.15) is 19.0 Å². The van der Waals surface area contributed by atoms with Gasteiger partial charge in [0.25, 0.3) is 11.7 Å². The van der Waals surface area contributed by atoms with E-state index in [1.807, 2.05) is 42.5 Å². The van der Waals surface area contributed by atoms with Crippen LogP contribution in [-0.4, -0.2) is 66.0 Å². The average molecular weight is 487 g/mol. The van der Waals surface area contributed by atoms with Gasteiger partial charge in [0.15, 0.2) is 11.5 Å². The van der Waals surface area contributed by atoms with Gasteiger partial charge in [0, 0.05) is 18.7 Å². The second-order valence-corrected chi connectivity index (χ2v) is 8.95. The van der Waals surface area contributed by atoms with Crippen molar-refractivity contribution in [2.45, 2.75) is 19.9 Å². The molecule has 3 aromatic carbocycles. The van der Waals surface area contributed by atoms with E-state index in [9.17, 15) is 14.7 Å². The molecule has 1 amide bonds. The monoisotopic (exact) mass is 486 g/mol. The maximum absolute atomic E-state index is 13.4. The molecule has 1 atom stereocenters. The number of benzene rings is 3. The van der Waals surface area contributed by atoms with Crippen LogP contribution >= 0.6 is 0 Å². The smallest absolute Gasteiger partial charge is 0.295 e. The Balaban J connectivity index is 1.66. The number of fused-ring (bicyclic) bond motifs is 2. The number of ether oxygens (including phenoxy) is 2. The molecule has 2 aliphatic rings. The number of Topliss-reactive ketones (excluding diaryl/α,β-unsaturated/α-hetero) is 1. The van der Waals surface area contributed by atoms with Crippen molar-refractivity contribution in [2.75, 3.05) is 39.4 Å². The van der Waals surface area contributed by atoms with Gasteiger partial charge >= 0.3 is 0 Å². The fourth-order valence-corrected chi connectivity index (χ4v) is 5.06. The van der Waals surface area contributed by atoms with Crippen molar-refractivity contribution in [3.8, 4) is 11.5 Å². The Morgan fingerprint density at radius 2 is 1.69 bits per heavy atom. The van der Waals surface area contributed by atoms with Gasteiger partial charge in [-0.2, -0.15) is 0 Å². The minimum atomic E-state index is -0.708. The standard InChI is InChI=1S/C29H30N2O5/c1-3-30(4-2)14-15-31-26(22-11-7-9-19-8-5-6-10-21(19)22)25(28(33)29(31)34)27(32)20-12-13-23-24(18-20)36-17-16-35-23/h5-13,18,26,32H,3-4,14-17H2,1-2H3/b27-25+. The van der Waals surface area contributed by atoms with Gasteiger partial charge in [-0.15, -0.1) is 0 Å². The summed E-state index contributed by atoms with van der Waals surface area (Å²) in [6, 6.07) is 18.1. The highest BCUT2D eigenvalue weighted by Gasteiger charge is 2.46. The molecule has 1 saturated heterocycles. The van der Waals surface area contributed by atoms with E-state index in [0.717, 1.165) is 29.4 Å². The number of hydrogen-bond acceptors (Lipinski definition) is 6. The number of ketones is 1. The fourth-order valence-electron chi connectivity index (χ4n) is 5.06. The number of nitrogens with zero attached hydrogens (tertiary/aromatic N) is 2. The van der Waals surface area contributed by atoms with Gasteiger partial charge in [-0.3, -0.25) is 9.59 Å². The summed E-state index contributed by atoms with van der Waals surface area (Å²) in [6.07, 6.45) is 0. The van der Waals surface area contributed by atoms with Crippen LogP contribution in [0, 0.1) is 0 Å². The maximum atomic E-state index is 13.4. The average Bonchev–Trinajstić information content (AvgIpc) is 3.17. The van der Waals surface area contributed by atoms with E-state index >= 15 is 0 Å². The van der Waals surface area contributed by atoms with Crippen molar-refractivity contribution in [2.24, 2.45) is 0 Å². The number of likely N-dealkylation sites (N-methyl/N-ethyl adjacent to an activating group) is 1. The van der Waals surface area contributed by atoms with E-state index < -0.39 is 17.7 Å². The van der Waals surface area contributed by atoms with Gasteiger partial charge < -0.3 is 24.4 Å². The van der Waals surface area contributed by atoms with Crippen LogP contribution in [0.15, 0.2) is 66.2 Å². The Morgan fingerprint density at radius 1 is 0.972 bits per heavy atom. The first-order valence-electron chi connectivity index (χ1n) is 12.4. The topological polar surface area (TPSA) is 79.3 Å². The molecule has 1 unspecified atom stereocenters. The molecule has 0 radical (unpaired) electrons. The minimum Gasteiger partial charge on any atom is -0.507 e. The number of rotatable bonds is 7. The van der Waals surface area contributed by atoms with Gasteiger partial charge in [0.05, 0.1) is 11.6 Å². The molecular formula is C29H30N2O5. The molecule has 0 spiro atoms. The van der Waals surface area contributed by atoms with Crippen molar-refractivity contribution >= 4 is 28.2 Å². The zero-order valence-electron chi connectivity index (χ0n) is 20.6. The number of aliphatic hydroxyl groups excluding tert-OH is 1. The highest BCUT2D eigenvalue weighted by atomic mass is 16.6. The van der Waals surface area contributed by atoms with Gasteiger partial charge in [-0.05, 0) is 47.6 Å². The van der Waals surface area contributed by atoms with Crippen molar-refractivity contribution in [3.05, 3.63) is 77.4 Å². The fraction of sp³-hybridized carbons (Fsp3) is 0.310. The number of aliphatic hydroxyl groups is 1. The van der Waals surface area contributed by atoms with Crippen LogP contribution in [0.4, 0.5) is 0 Å². The maximum Gasteiger partial charge on any atom is 0.295 e. The number of carbonyl (C=O) groups is 2. The second-order valence-electron chi connectivity index (χ2n) is 8.95. The molecule has 0 saturated carbocycles. The van der Waals surface area contributed by atoms with E-state index in [1.165, 1.54) is 0 Å². The molecule has 7 heteroatoms. The zero-order chi connectivity index (χ0) is 25.2. The van der Waals surface area contributed by atoms with E-state index in [-0.39, 0.29) is 11.3 Å². The van der Waals surface area contributed by atoms with Crippen LogP contribution in [0.2, 0.25) is 0 Å². The van der Waals surface area contributed by atoms with Crippen LogP contribution in [0.3, 0.4) is 0 Å². The number of hydrogen-bond donors (Lipinski definition) is 1. The lowest BCUT2D eigenvalue weighted by molar-refractivity contribution is -0.140. The summed E-state index contributed by atoms with van der Waals surface area (Å²) in [7, 11) is 0. The number of amides is 1. The van der Waals surface area contributed by atoms with Crippen LogP contribution in [-0.2, 0) is 9.59 Å². The molecule has 3 aromatic rings. The van der Waals surface area contributed by atoms with Crippen molar-refractivity contribution in [3.63, 3.8) is 0 Å². The summed E-state index contributed by atoms with van der Waals surface area (Å²) < 4.78 is 11.3. The Kier molecular flexibility index (Phi) is 6.65. The Bertz CT molecular complexity index is 1340. The van der Waals surface area contributed by atoms with Crippen molar-refractivity contribution in [1.29, 1.82) is 0 Å². The normalized spacial score (nSPS) is 18.9. The first kappa shape index (κ1) is 23.9. The molecule has 36 heavy (non-hydrogen) atoms.